The van der Waals surface area contributed by atoms with Crippen molar-refractivity contribution in [2.24, 2.45) is 5.73 Å². The Hall–Kier alpha value is -0.900. The zero-order chi connectivity index (χ0) is 11.1. The molecule has 2 rings (SSSR count). The highest BCUT2D eigenvalue weighted by Crippen LogP contribution is 2.29. The van der Waals surface area contributed by atoms with Gasteiger partial charge in [-0.2, -0.15) is 0 Å². The van der Waals surface area contributed by atoms with Gasteiger partial charge in [0, 0.05) is 24.4 Å². The summed E-state index contributed by atoms with van der Waals surface area (Å²) in [5, 5.41) is 8.60. The minimum Gasteiger partial charge on any atom is -0.328 e. The highest BCUT2D eigenvalue weighted by atomic mass is 15.3. The summed E-state index contributed by atoms with van der Waals surface area (Å²) in [4.78, 5) is 0. The molecule has 2 N–H and O–H groups in total. The predicted octanol–water partition coefficient (Wildman–Crippen LogP) is 1.41. The molecule has 1 unspecified atom stereocenters. The van der Waals surface area contributed by atoms with Crippen LogP contribution in [0, 0.1) is 0 Å². The molecule has 2 heterocycles. The van der Waals surface area contributed by atoms with Crippen molar-refractivity contribution in [2.75, 3.05) is 6.54 Å². The Bertz CT molecular complexity index is 348. The summed E-state index contributed by atoms with van der Waals surface area (Å²) < 4.78 is 2.27. The van der Waals surface area contributed by atoms with Gasteiger partial charge in [-0.1, -0.05) is 20.8 Å². The van der Waals surface area contributed by atoms with E-state index in [1.807, 2.05) is 0 Å². The fourth-order valence-electron chi connectivity index (χ4n) is 2.24. The van der Waals surface area contributed by atoms with Gasteiger partial charge in [-0.3, -0.25) is 0 Å². The van der Waals surface area contributed by atoms with Crippen LogP contribution in [0.3, 0.4) is 0 Å². The van der Waals surface area contributed by atoms with E-state index in [1.54, 1.807) is 0 Å². The first-order valence-corrected chi connectivity index (χ1v) is 5.68. The summed E-state index contributed by atoms with van der Waals surface area (Å²) in [5.74, 6) is 2.19. The van der Waals surface area contributed by atoms with E-state index in [2.05, 4.69) is 35.5 Å². The molecule has 0 fully saturated rings. The van der Waals surface area contributed by atoms with Gasteiger partial charge in [0.25, 0.3) is 0 Å². The Kier molecular flexibility index (Phi) is 2.54. The summed E-state index contributed by atoms with van der Waals surface area (Å²) >= 11 is 0. The second kappa shape index (κ2) is 3.59. The second-order valence-corrected chi connectivity index (χ2v) is 5.34. The summed E-state index contributed by atoms with van der Waals surface area (Å²) in [6.07, 6.45) is 3.38. The normalized spacial score (nSPS) is 21.5. The van der Waals surface area contributed by atoms with Crippen LogP contribution in [0.15, 0.2) is 0 Å². The fraction of sp³-hybridized carbons (Fsp3) is 0.818. The lowest BCUT2D eigenvalue weighted by Crippen LogP contribution is -2.30. The van der Waals surface area contributed by atoms with Gasteiger partial charge in [0.2, 0.25) is 0 Å². The lowest BCUT2D eigenvalue weighted by molar-refractivity contribution is 0.369. The molecule has 1 aromatic heterocycles. The smallest absolute Gasteiger partial charge is 0.138 e. The minimum atomic E-state index is 0.0516. The average Bonchev–Trinajstić information content (AvgIpc) is 2.59. The fourth-order valence-corrected chi connectivity index (χ4v) is 2.24. The Morgan fingerprint density at radius 2 is 2.13 bits per heavy atom. The van der Waals surface area contributed by atoms with Crippen molar-refractivity contribution in [1.29, 1.82) is 0 Å². The standard InChI is InChI=1S/C11H20N4/c1-11(2,3)10-14-13-9-6-4-5-8(7-12)15(9)10/h8H,4-7,12H2,1-3H3. The molecule has 0 amide bonds. The number of aromatic nitrogens is 3. The Balaban J connectivity index is 2.47. The lowest BCUT2D eigenvalue weighted by Gasteiger charge is -2.28. The molecule has 84 valence electrons. The molecule has 1 aliphatic rings. The third-order valence-electron chi connectivity index (χ3n) is 3.01. The van der Waals surface area contributed by atoms with Crippen molar-refractivity contribution in [1.82, 2.24) is 14.8 Å². The van der Waals surface area contributed by atoms with Crippen molar-refractivity contribution in [3.63, 3.8) is 0 Å². The van der Waals surface area contributed by atoms with Crippen LogP contribution >= 0.6 is 0 Å². The highest BCUT2D eigenvalue weighted by molar-refractivity contribution is 5.10. The Morgan fingerprint density at radius 1 is 1.40 bits per heavy atom. The van der Waals surface area contributed by atoms with Crippen molar-refractivity contribution in [3.05, 3.63) is 11.6 Å². The average molecular weight is 208 g/mol. The van der Waals surface area contributed by atoms with E-state index in [9.17, 15) is 0 Å². The number of fused-ring (bicyclic) bond motifs is 1. The molecule has 0 aromatic carbocycles. The third-order valence-corrected chi connectivity index (χ3v) is 3.01. The first-order chi connectivity index (χ1) is 7.04. The Morgan fingerprint density at radius 3 is 2.73 bits per heavy atom. The maximum atomic E-state index is 5.81. The molecule has 0 spiro atoms. The maximum Gasteiger partial charge on any atom is 0.138 e. The highest BCUT2D eigenvalue weighted by Gasteiger charge is 2.29. The van der Waals surface area contributed by atoms with Crippen LogP contribution < -0.4 is 5.73 Å². The van der Waals surface area contributed by atoms with Gasteiger partial charge < -0.3 is 10.3 Å². The van der Waals surface area contributed by atoms with E-state index in [0.29, 0.717) is 12.6 Å². The topological polar surface area (TPSA) is 56.7 Å². The molecular formula is C11H20N4. The van der Waals surface area contributed by atoms with Gasteiger partial charge in [0.05, 0.1) is 0 Å². The van der Waals surface area contributed by atoms with E-state index in [4.69, 9.17) is 5.73 Å². The zero-order valence-corrected chi connectivity index (χ0v) is 9.82. The Labute approximate surface area is 90.9 Å². The number of nitrogens with zero attached hydrogens (tertiary/aromatic N) is 3. The molecule has 4 nitrogen and oxygen atoms in total. The van der Waals surface area contributed by atoms with Crippen LogP contribution in [-0.2, 0) is 11.8 Å². The summed E-state index contributed by atoms with van der Waals surface area (Å²) in [5.41, 5.74) is 5.86. The van der Waals surface area contributed by atoms with E-state index < -0.39 is 0 Å². The monoisotopic (exact) mass is 208 g/mol. The zero-order valence-electron chi connectivity index (χ0n) is 9.82. The van der Waals surface area contributed by atoms with Crippen molar-refractivity contribution >= 4 is 0 Å². The number of rotatable bonds is 1. The molecule has 0 saturated carbocycles. The molecule has 1 aliphatic heterocycles. The van der Waals surface area contributed by atoms with E-state index in [-0.39, 0.29) is 5.41 Å². The molecule has 4 heteroatoms. The van der Waals surface area contributed by atoms with Crippen LogP contribution in [0.4, 0.5) is 0 Å². The van der Waals surface area contributed by atoms with Crippen molar-refractivity contribution < 1.29 is 0 Å². The molecule has 1 aromatic rings. The van der Waals surface area contributed by atoms with Crippen molar-refractivity contribution in [3.8, 4) is 0 Å². The van der Waals surface area contributed by atoms with Crippen LogP contribution in [0.1, 0.15) is 51.3 Å². The van der Waals surface area contributed by atoms with Crippen LogP contribution in [-0.4, -0.2) is 21.3 Å². The predicted molar refractivity (Wildman–Crippen MR) is 59.8 cm³/mol. The lowest BCUT2D eigenvalue weighted by atomic mass is 9.94. The number of aryl methyl sites for hydroxylation is 1. The third kappa shape index (κ3) is 1.78. The van der Waals surface area contributed by atoms with Gasteiger partial charge in [-0.15, -0.1) is 10.2 Å². The van der Waals surface area contributed by atoms with E-state index in [0.717, 1.165) is 24.5 Å². The van der Waals surface area contributed by atoms with Gasteiger partial charge >= 0.3 is 0 Å². The molecule has 0 radical (unpaired) electrons. The van der Waals surface area contributed by atoms with E-state index in [1.165, 1.54) is 6.42 Å². The molecule has 15 heavy (non-hydrogen) atoms. The summed E-state index contributed by atoms with van der Waals surface area (Å²) in [6.45, 7) is 7.21. The first-order valence-electron chi connectivity index (χ1n) is 5.68. The number of nitrogens with two attached hydrogens (primary N) is 1. The van der Waals surface area contributed by atoms with Gasteiger partial charge in [0.15, 0.2) is 0 Å². The molecule has 0 bridgehead atoms. The molecule has 0 saturated heterocycles. The minimum absolute atomic E-state index is 0.0516. The van der Waals surface area contributed by atoms with Crippen LogP contribution in [0.25, 0.3) is 0 Å². The molecular weight excluding hydrogens is 188 g/mol. The van der Waals surface area contributed by atoms with Crippen LogP contribution in [0.2, 0.25) is 0 Å². The molecule has 1 atom stereocenters. The van der Waals surface area contributed by atoms with Crippen molar-refractivity contribution in [2.45, 2.75) is 51.5 Å². The van der Waals surface area contributed by atoms with E-state index >= 15 is 0 Å². The molecule has 0 aliphatic carbocycles. The van der Waals surface area contributed by atoms with Gasteiger partial charge in [-0.25, -0.2) is 0 Å². The largest absolute Gasteiger partial charge is 0.328 e. The maximum absolute atomic E-state index is 5.81. The second-order valence-electron chi connectivity index (χ2n) is 5.34. The van der Waals surface area contributed by atoms with Gasteiger partial charge in [-0.05, 0) is 12.8 Å². The van der Waals surface area contributed by atoms with Crippen LogP contribution in [0.5, 0.6) is 0 Å². The SMILES string of the molecule is CC(C)(C)c1nnc2n1C(CN)CCC2. The quantitative estimate of drug-likeness (QED) is 0.759. The first kappa shape index (κ1) is 10.6. The number of hydrogen-bond donors (Lipinski definition) is 1. The van der Waals surface area contributed by atoms with Gasteiger partial charge in [0.1, 0.15) is 11.6 Å². The summed E-state index contributed by atoms with van der Waals surface area (Å²) in [6, 6.07) is 0.401. The number of hydrogen-bond acceptors (Lipinski definition) is 3. The summed E-state index contributed by atoms with van der Waals surface area (Å²) in [7, 11) is 0.